The lowest BCUT2D eigenvalue weighted by Crippen LogP contribution is -2.32. The third-order valence-electron chi connectivity index (χ3n) is 4.41. The summed E-state index contributed by atoms with van der Waals surface area (Å²) in [5, 5.41) is 0. The van der Waals surface area contributed by atoms with E-state index in [9.17, 15) is 9.59 Å². The van der Waals surface area contributed by atoms with Gasteiger partial charge in [-0.2, -0.15) is 0 Å². The molecule has 0 bridgehead atoms. The van der Waals surface area contributed by atoms with E-state index in [1.54, 1.807) is 0 Å². The Hall–Kier alpha value is -2.24. The zero-order valence-corrected chi connectivity index (χ0v) is 13.9. The maximum Gasteiger partial charge on any atom is 0.404 e. The molecule has 0 fully saturated rings. The summed E-state index contributed by atoms with van der Waals surface area (Å²) < 4.78 is 10.2. The quantitative estimate of drug-likeness (QED) is 0.643. The minimum absolute atomic E-state index is 0.00785. The van der Waals surface area contributed by atoms with Gasteiger partial charge in [0.15, 0.2) is 0 Å². The van der Waals surface area contributed by atoms with E-state index in [-0.39, 0.29) is 24.4 Å². The molecule has 1 amide bonds. The van der Waals surface area contributed by atoms with Gasteiger partial charge in [0, 0.05) is 24.8 Å². The number of carbonyl (C=O) groups is 2. The van der Waals surface area contributed by atoms with Gasteiger partial charge in [-0.1, -0.05) is 13.0 Å². The molecule has 0 aromatic heterocycles. The Balaban J connectivity index is 2.17. The normalized spacial score (nSPS) is 19.7. The topological polar surface area (TPSA) is 81.9 Å². The Morgan fingerprint density at radius 1 is 1.35 bits per heavy atom. The van der Waals surface area contributed by atoms with Crippen LogP contribution in [0.3, 0.4) is 0 Å². The van der Waals surface area contributed by atoms with Crippen LogP contribution in [-0.2, 0) is 9.53 Å². The van der Waals surface area contributed by atoms with Crippen molar-refractivity contribution in [2.45, 2.75) is 33.1 Å². The maximum atomic E-state index is 12.3. The Bertz CT molecular complexity index is 584. The van der Waals surface area contributed by atoms with Crippen molar-refractivity contribution in [2.24, 2.45) is 11.7 Å². The van der Waals surface area contributed by atoms with Crippen LogP contribution in [0, 0.1) is 5.92 Å². The van der Waals surface area contributed by atoms with Crippen molar-refractivity contribution in [1.29, 1.82) is 0 Å². The van der Waals surface area contributed by atoms with Gasteiger partial charge in [0.1, 0.15) is 5.75 Å². The number of hydrogen-bond donors (Lipinski definition) is 1. The summed E-state index contributed by atoms with van der Waals surface area (Å²) in [7, 11) is 0. The number of amides is 1. The van der Waals surface area contributed by atoms with Crippen LogP contribution >= 0.6 is 0 Å². The fourth-order valence-corrected chi connectivity index (χ4v) is 3.03. The zero-order chi connectivity index (χ0) is 17.0. The largest absolute Gasteiger partial charge is 0.450 e. The molecule has 1 aromatic carbocycles. The molecule has 0 aliphatic carbocycles. The summed E-state index contributed by atoms with van der Waals surface area (Å²) >= 11 is 0. The van der Waals surface area contributed by atoms with Crippen LogP contribution in [-0.4, -0.2) is 31.8 Å². The van der Waals surface area contributed by atoms with E-state index in [0.717, 1.165) is 24.3 Å². The lowest BCUT2D eigenvalue weighted by Gasteiger charge is -2.31. The number of fused-ring (bicyclic) bond motifs is 1. The van der Waals surface area contributed by atoms with Crippen molar-refractivity contribution in [3.05, 3.63) is 23.8 Å². The smallest absolute Gasteiger partial charge is 0.404 e. The lowest BCUT2D eigenvalue weighted by molar-refractivity contribution is -0.141. The molecule has 1 aliphatic heterocycles. The van der Waals surface area contributed by atoms with E-state index < -0.39 is 6.09 Å². The number of carbonyl (C=O) groups excluding carboxylic acids is 2. The van der Waals surface area contributed by atoms with Crippen LogP contribution in [0.1, 0.15) is 38.7 Å². The van der Waals surface area contributed by atoms with Crippen LogP contribution < -0.4 is 15.4 Å². The van der Waals surface area contributed by atoms with Crippen LogP contribution in [0.15, 0.2) is 18.2 Å². The summed E-state index contributed by atoms with van der Waals surface area (Å²) in [4.78, 5) is 25.1. The minimum atomic E-state index is -0.828. The van der Waals surface area contributed by atoms with Crippen molar-refractivity contribution in [1.82, 2.24) is 0 Å². The molecule has 6 nitrogen and oxygen atoms in total. The van der Waals surface area contributed by atoms with E-state index in [0.29, 0.717) is 12.2 Å². The number of nitrogens with zero attached hydrogens (tertiary/aromatic N) is 1. The molecule has 0 saturated heterocycles. The Morgan fingerprint density at radius 2 is 2.04 bits per heavy atom. The maximum absolute atomic E-state index is 12.3. The molecule has 2 N–H and O–H groups in total. The molecular weight excluding hydrogens is 296 g/mol. The van der Waals surface area contributed by atoms with Gasteiger partial charge in [-0.25, -0.2) is 4.79 Å². The summed E-state index contributed by atoms with van der Waals surface area (Å²) in [6.45, 7) is 8.08. The highest BCUT2D eigenvalue weighted by molar-refractivity contribution is 5.80. The molecule has 1 aromatic rings. The highest BCUT2D eigenvalue weighted by atomic mass is 16.5. The number of rotatable bonds is 6. The predicted molar refractivity (Wildman–Crippen MR) is 87.7 cm³/mol. The molecule has 2 unspecified atom stereocenters. The highest BCUT2D eigenvalue weighted by Gasteiger charge is 2.35. The molecular formula is C17H24N2O4. The van der Waals surface area contributed by atoms with Crippen LogP contribution in [0.2, 0.25) is 0 Å². The van der Waals surface area contributed by atoms with Gasteiger partial charge in [0.25, 0.3) is 0 Å². The van der Waals surface area contributed by atoms with Gasteiger partial charge in [-0.3, -0.25) is 4.79 Å². The minimum Gasteiger partial charge on any atom is -0.450 e. The van der Waals surface area contributed by atoms with Gasteiger partial charge >= 0.3 is 12.1 Å². The fourth-order valence-electron chi connectivity index (χ4n) is 3.03. The second-order valence-electron chi connectivity index (χ2n) is 5.67. The molecule has 6 heteroatoms. The van der Waals surface area contributed by atoms with Gasteiger partial charge in [0.2, 0.25) is 0 Å². The van der Waals surface area contributed by atoms with Crippen molar-refractivity contribution < 1.29 is 19.1 Å². The number of ether oxygens (including phenoxy) is 2. The number of benzene rings is 1. The third-order valence-corrected chi connectivity index (χ3v) is 4.41. The molecule has 1 heterocycles. The van der Waals surface area contributed by atoms with Crippen molar-refractivity contribution in [3.8, 4) is 5.75 Å². The monoisotopic (exact) mass is 320 g/mol. The van der Waals surface area contributed by atoms with E-state index in [2.05, 4.69) is 24.8 Å². The van der Waals surface area contributed by atoms with Crippen molar-refractivity contribution >= 4 is 17.7 Å². The Kier molecular flexibility index (Phi) is 5.47. The van der Waals surface area contributed by atoms with Gasteiger partial charge < -0.3 is 20.1 Å². The standard InChI is InChI=1S/C17H24N2O4/c1-4-19(5-2)12-6-7-13-11(3)14(8-9-22-17(18)21)16(20)23-15(13)10-12/h6-7,10-11,14H,4-5,8-9H2,1-3H3,(H2,18,21). The average molecular weight is 320 g/mol. The summed E-state index contributed by atoms with van der Waals surface area (Å²) in [5.74, 6) is 0.0170. The fraction of sp³-hybridized carbons (Fsp3) is 0.529. The molecule has 0 saturated carbocycles. The first-order valence-electron chi connectivity index (χ1n) is 8.00. The Morgan fingerprint density at radius 3 is 2.65 bits per heavy atom. The second kappa shape index (κ2) is 7.35. The number of nitrogens with two attached hydrogens (primary N) is 1. The molecule has 1 aliphatic rings. The first kappa shape index (κ1) is 17.1. The number of esters is 1. The van der Waals surface area contributed by atoms with Crippen LogP contribution in [0.25, 0.3) is 0 Å². The van der Waals surface area contributed by atoms with Crippen LogP contribution in [0.5, 0.6) is 5.75 Å². The van der Waals surface area contributed by atoms with Crippen LogP contribution in [0.4, 0.5) is 10.5 Å². The highest BCUT2D eigenvalue weighted by Crippen LogP contribution is 2.40. The van der Waals surface area contributed by atoms with Crippen molar-refractivity contribution in [3.63, 3.8) is 0 Å². The lowest BCUT2D eigenvalue weighted by atomic mass is 9.83. The van der Waals surface area contributed by atoms with Crippen molar-refractivity contribution in [2.75, 3.05) is 24.6 Å². The SMILES string of the molecule is CCN(CC)c1ccc2c(c1)OC(=O)C(CCOC(N)=O)C2C. The summed E-state index contributed by atoms with van der Waals surface area (Å²) in [5.41, 5.74) is 6.99. The molecule has 0 spiro atoms. The second-order valence-corrected chi connectivity index (χ2v) is 5.67. The zero-order valence-electron chi connectivity index (χ0n) is 13.9. The summed E-state index contributed by atoms with van der Waals surface area (Å²) in [6, 6.07) is 5.99. The predicted octanol–water partition coefficient (Wildman–Crippen LogP) is 2.66. The summed E-state index contributed by atoms with van der Waals surface area (Å²) in [6.07, 6.45) is -0.425. The third kappa shape index (κ3) is 3.75. The molecule has 2 atom stereocenters. The number of hydrogen-bond acceptors (Lipinski definition) is 5. The van der Waals surface area contributed by atoms with E-state index >= 15 is 0 Å². The van der Waals surface area contributed by atoms with E-state index in [1.165, 1.54) is 0 Å². The number of primary amides is 1. The molecule has 126 valence electrons. The first-order valence-corrected chi connectivity index (χ1v) is 8.00. The van der Waals surface area contributed by atoms with Gasteiger partial charge in [0.05, 0.1) is 12.5 Å². The molecule has 2 rings (SSSR count). The first-order chi connectivity index (χ1) is 11.0. The van der Waals surface area contributed by atoms with Gasteiger partial charge in [-0.05, 0) is 37.8 Å². The number of anilines is 1. The molecule has 23 heavy (non-hydrogen) atoms. The van der Waals surface area contributed by atoms with Gasteiger partial charge in [-0.15, -0.1) is 0 Å². The molecule has 0 radical (unpaired) electrons. The Labute approximate surface area is 136 Å². The average Bonchev–Trinajstić information content (AvgIpc) is 2.51. The van der Waals surface area contributed by atoms with E-state index in [1.807, 2.05) is 19.1 Å². The van der Waals surface area contributed by atoms with E-state index in [4.69, 9.17) is 15.2 Å².